The van der Waals surface area contributed by atoms with Gasteiger partial charge >= 0.3 is 0 Å². The Balaban J connectivity index is 0. The van der Waals surface area contributed by atoms with E-state index in [4.69, 9.17) is 28.3 Å². The molecule has 0 aliphatic carbocycles. The topological polar surface area (TPSA) is 37.3 Å². The fourth-order valence-corrected chi connectivity index (χ4v) is 0. The fraction of sp³-hybridized carbons (Fsp3) is 0.750. The third-order valence-electron chi connectivity index (χ3n) is 0.105. The molecule has 0 bridgehead atoms. The van der Waals surface area contributed by atoms with Crippen LogP contribution in [0.4, 0.5) is 0 Å². The van der Waals surface area contributed by atoms with Gasteiger partial charge in [0.2, 0.25) is 5.24 Å². The molecule has 0 aliphatic rings. The lowest BCUT2D eigenvalue weighted by Gasteiger charge is -1.65. The maximum absolute atomic E-state index is 9.45. The van der Waals surface area contributed by atoms with E-state index < -0.39 is 5.24 Å². The van der Waals surface area contributed by atoms with Crippen LogP contribution in [0.15, 0.2) is 0 Å². The van der Waals surface area contributed by atoms with Crippen LogP contribution in [0.3, 0.4) is 0 Å². The van der Waals surface area contributed by atoms with Gasteiger partial charge in [0.15, 0.2) is 0 Å². The zero-order valence-electron chi connectivity index (χ0n) is 4.53. The second kappa shape index (κ2) is 10.2. The lowest BCUT2D eigenvalue weighted by Crippen LogP contribution is -1.81. The van der Waals surface area contributed by atoms with Crippen molar-refractivity contribution in [1.82, 2.24) is 0 Å². The SMILES string of the molecule is CCO.O=C(Cl)CCl. The molecular weight excluding hydrogens is 151 g/mol. The number of carbonyl (C=O) groups excluding carboxylic acids is 1. The summed E-state index contributed by atoms with van der Waals surface area (Å²) in [4.78, 5) is 9.45. The van der Waals surface area contributed by atoms with Crippen molar-refractivity contribution in [3.63, 3.8) is 0 Å². The van der Waals surface area contributed by atoms with Crippen LogP contribution in [-0.4, -0.2) is 22.8 Å². The lowest BCUT2D eigenvalue weighted by atomic mass is 10.9. The summed E-state index contributed by atoms with van der Waals surface area (Å²) < 4.78 is 0. The Bertz CT molecular complexity index is 56.0. The zero-order valence-corrected chi connectivity index (χ0v) is 6.04. The van der Waals surface area contributed by atoms with Crippen molar-refractivity contribution in [3.05, 3.63) is 0 Å². The Morgan fingerprint density at radius 1 is 1.75 bits per heavy atom. The van der Waals surface area contributed by atoms with E-state index >= 15 is 0 Å². The van der Waals surface area contributed by atoms with E-state index in [2.05, 4.69) is 0 Å². The van der Waals surface area contributed by atoms with Crippen molar-refractivity contribution < 1.29 is 9.90 Å². The fourth-order valence-electron chi connectivity index (χ4n) is 0. The molecule has 0 fully saturated rings. The van der Waals surface area contributed by atoms with Gasteiger partial charge in [-0.1, -0.05) is 0 Å². The summed E-state index contributed by atoms with van der Waals surface area (Å²) in [6.07, 6.45) is 0. The summed E-state index contributed by atoms with van der Waals surface area (Å²) in [5.41, 5.74) is 0. The highest BCUT2D eigenvalue weighted by molar-refractivity contribution is 6.67. The van der Waals surface area contributed by atoms with E-state index in [0.717, 1.165) is 0 Å². The molecule has 0 amide bonds. The van der Waals surface area contributed by atoms with Gasteiger partial charge in [0, 0.05) is 6.61 Å². The van der Waals surface area contributed by atoms with Gasteiger partial charge in [0.05, 0.1) is 5.88 Å². The van der Waals surface area contributed by atoms with E-state index in [1.54, 1.807) is 6.92 Å². The van der Waals surface area contributed by atoms with Crippen molar-refractivity contribution in [2.45, 2.75) is 6.92 Å². The van der Waals surface area contributed by atoms with Crippen molar-refractivity contribution in [2.24, 2.45) is 0 Å². The molecular formula is C4H8Cl2O2. The summed E-state index contributed by atoms with van der Waals surface area (Å²) in [7, 11) is 0. The van der Waals surface area contributed by atoms with Crippen molar-refractivity contribution in [3.8, 4) is 0 Å². The summed E-state index contributed by atoms with van der Waals surface area (Å²) in [5, 5.41) is 7.06. The largest absolute Gasteiger partial charge is 0.397 e. The van der Waals surface area contributed by atoms with Crippen molar-refractivity contribution in [1.29, 1.82) is 0 Å². The number of alkyl halides is 1. The molecule has 0 aliphatic heterocycles. The minimum absolute atomic E-state index is 0.0957. The van der Waals surface area contributed by atoms with Crippen LogP contribution in [0.5, 0.6) is 0 Å². The molecule has 0 spiro atoms. The Labute approximate surface area is 58.4 Å². The molecule has 0 rings (SSSR count). The molecule has 0 heterocycles. The minimum Gasteiger partial charge on any atom is -0.397 e. The third-order valence-corrected chi connectivity index (χ3v) is 0.618. The summed E-state index contributed by atoms with van der Waals surface area (Å²) in [5.74, 6) is -0.0957. The minimum atomic E-state index is -0.508. The first-order valence-electron chi connectivity index (χ1n) is 2.04. The Hall–Kier alpha value is 0.210. The summed E-state index contributed by atoms with van der Waals surface area (Å²) in [6, 6.07) is 0. The average Bonchev–Trinajstić information content (AvgIpc) is 1.69. The van der Waals surface area contributed by atoms with Crippen LogP contribution in [-0.2, 0) is 4.79 Å². The standard InChI is InChI=1S/C2H2Cl2O.C2H6O/c3-1-2(4)5;1-2-3/h1H2;3H,2H2,1H3. The summed E-state index contributed by atoms with van der Waals surface area (Å²) >= 11 is 9.55. The molecule has 0 aromatic carbocycles. The highest BCUT2D eigenvalue weighted by atomic mass is 35.5. The number of hydrogen-bond acceptors (Lipinski definition) is 2. The molecule has 4 heteroatoms. The van der Waals surface area contributed by atoms with Gasteiger partial charge < -0.3 is 5.11 Å². The van der Waals surface area contributed by atoms with Crippen LogP contribution in [0.1, 0.15) is 6.92 Å². The molecule has 8 heavy (non-hydrogen) atoms. The van der Waals surface area contributed by atoms with E-state index in [-0.39, 0.29) is 12.5 Å². The highest BCUT2D eigenvalue weighted by Gasteiger charge is 1.83. The van der Waals surface area contributed by atoms with Gasteiger partial charge in [-0.05, 0) is 18.5 Å². The second-order valence-corrected chi connectivity index (χ2v) is 1.49. The van der Waals surface area contributed by atoms with Crippen LogP contribution < -0.4 is 0 Å². The number of aliphatic hydroxyl groups excluding tert-OH is 1. The third kappa shape index (κ3) is 34.5. The van der Waals surface area contributed by atoms with Crippen molar-refractivity contribution >= 4 is 28.4 Å². The first kappa shape index (κ1) is 11.1. The van der Waals surface area contributed by atoms with Gasteiger partial charge in [0.25, 0.3) is 0 Å². The normalized spacial score (nSPS) is 7.00. The Kier molecular flexibility index (Phi) is 14.2. The van der Waals surface area contributed by atoms with E-state index in [0.29, 0.717) is 0 Å². The average molecular weight is 159 g/mol. The van der Waals surface area contributed by atoms with Gasteiger partial charge in [-0.25, -0.2) is 0 Å². The summed E-state index contributed by atoms with van der Waals surface area (Å²) in [6.45, 7) is 1.93. The first-order chi connectivity index (χ1) is 3.68. The molecule has 1 N–H and O–H groups in total. The molecule has 0 atom stereocenters. The maximum atomic E-state index is 9.45. The van der Waals surface area contributed by atoms with E-state index in [1.165, 1.54) is 0 Å². The number of hydrogen-bond donors (Lipinski definition) is 1. The quantitative estimate of drug-likeness (QED) is 0.457. The second-order valence-electron chi connectivity index (χ2n) is 0.805. The molecule has 0 saturated carbocycles. The van der Waals surface area contributed by atoms with E-state index in [1.807, 2.05) is 0 Å². The predicted octanol–water partition coefficient (Wildman–Crippen LogP) is 0.989. The van der Waals surface area contributed by atoms with E-state index in [9.17, 15) is 4.79 Å². The molecule has 0 radical (unpaired) electrons. The monoisotopic (exact) mass is 158 g/mol. The molecule has 2 nitrogen and oxygen atoms in total. The molecule has 0 saturated heterocycles. The maximum Gasteiger partial charge on any atom is 0.236 e. The molecule has 0 unspecified atom stereocenters. The number of aliphatic hydroxyl groups is 1. The number of carbonyl (C=O) groups is 1. The van der Waals surface area contributed by atoms with Crippen LogP contribution in [0.25, 0.3) is 0 Å². The Morgan fingerprint density at radius 3 is 1.88 bits per heavy atom. The van der Waals surface area contributed by atoms with Gasteiger partial charge in [0.1, 0.15) is 0 Å². The van der Waals surface area contributed by atoms with Gasteiger partial charge in [-0.15, -0.1) is 11.6 Å². The molecule has 0 aromatic rings. The molecule has 50 valence electrons. The van der Waals surface area contributed by atoms with Crippen LogP contribution in [0, 0.1) is 0 Å². The lowest BCUT2D eigenvalue weighted by molar-refractivity contribution is -0.109. The van der Waals surface area contributed by atoms with Gasteiger partial charge in [-0.3, -0.25) is 4.79 Å². The van der Waals surface area contributed by atoms with Crippen LogP contribution >= 0.6 is 23.2 Å². The van der Waals surface area contributed by atoms with Crippen LogP contribution in [0.2, 0.25) is 0 Å². The number of rotatable bonds is 1. The molecule has 0 aromatic heterocycles. The Morgan fingerprint density at radius 2 is 1.88 bits per heavy atom. The van der Waals surface area contributed by atoms with Gasteiger partial charge in [-0.2, -0.15) is 0 Å². The highest BCUT2D eigenvalue weighted by Crippen LogP contribution is 1.80. The zero-order chi connectivity index (χ0) is 6.99. The van der Waals surface area contributed by atoms with Crippen molar-refractivity contribution in [2.75, 3.05) is 12.5 Å². The first-order valence-corrected chi connectivity index (χ1v) is 2.95. The number of halogens is 2. The smallest absolute Gasteiger partial charge is 0.236 e. The predicted molar refractivity (Wildman–Crippen MR) is 34.3 cm³/mol.